The molecule has 0 saturated carbocycles. The molecule has 92 valence electrons. The molecule has 1 aliphatic rings. The molecule has 0 spiro atoms. The van der Waals surface area contributed by atoms with Gasteiger partial charge in [-0.3, -0.25) is 10.1 Å². The third-order valence-corrected chi connectivity index (χ3v) is 3.31. The molecule has 0 aliphatic carbocycles. The molecule has 0 aromatic heterocycles. The third-order valence-electron chi connectivity index (χ3n) is 3.31. The van der Waals surface area contributed by atoms with Crippen LogP contribution in [0, 0.1) is 10.1 Å². The Kier molecular flexibility index (Phi) is 3.28. The highest BCUT2D eigenvalue weighted by atomic mass is 16.6. The minimum absolute atomic E-state index is 0.134. The smallest absolute Gasteiger partial charge is 0.269 e. The average Bonchev–Trinajstić information content (AvgIpc) is 2.29. The lowest BCUT2D eigenvalue weighted by atomic mass is 9.98. The first-order chi connectivity index (χ1) is 8.08. The number of nitrogens with zero attached hydrogens (tertiary/aromatic N) is 2. The van der Waals surface area contributed by atoms with Crippen LogP contribution in [0.4, 0.5) is 11.4 Å². The van der Waals surface area contributed by atoms with Gasteiger partial charge >= 0.3 is 0 Å². The first-order valence-electron chi connectivity index (χ1n) is 5.84. The highest BCUT2D eigenvalue weighted by Gasteiger charge is 2.23. The maximum atomic E-state index is 10.6. The number of nitro groups is 1. The van der Waals surface area contributed by atoms with Gasteiger partial charge in [-0.15, -0.1) is 0 Å². The van der Waals surface area contributed by atoms with Crippen LogP contribution in [0.1, 0.15) is 19.8 Å². The van der Waals surface area contributed by atoms with E-state index in [1.807, 2.05) is 12.1 Å². The standard InChI is InChI=1S/C12H17N3O2/c1-9-8-10(13)6-7-14(9)11-2-4-12(5-3-11)15(16)17/h2-5,9-10H,6-8,13H2,1H3. The number of anilines is 1. The van der Waals surface area contributed by atoms with Crippen LogP contribution in [0.15, 0.2) is 24.3 Å². The first kappa shape index (κ1) is 11.9. The van der Waals surface area contributed by atoms with E-state index in [1.165, 1.54) is 0 Å². The van der Waals surface area contributed by atoms with Gasteiger partial charge in [0.1, 0.15) is 0 Å². The van der Waals surface area contributed by atoms with Crippen molar-refractivity contribution in [3.63, 3.8) is 0 Å². The summed E-state index contributed by atoms with van der Waals surface area (Å²) in [6, 6.07) is 7.39. The van der Waals surface area contributed by atoms with Crippen LogP contribution in [-0.4, -0.2) is 23.6 Å². The number of hydrogen-bond donors (Lipinski definition) is 1. The number of rotatable bonds is 2. The molecule has 5 heteroatoms. The van der Waals surface area contributed by atoms with Crippen LogP contribution in [0.25, 0.3) is 0 Å². The summed E-state index contributed by atoms with van der Waals surface area (Å²) in [7, 11) is 0. The van der Waals surface area contributed by atoms with Gasteiger partial charge in [0.25, 0.3) is 5.69 Å². The Morgan fingerprint density at radius 2 is 2.06 bits per heavy atom. The maximum absolute atomic E-state index is 10.6. The van der Waals surface area contributed by atoms with Gasteiger partial charge in [-0.1, -0.05) is 0 Å². The van der Waals surface area contributed by atoms with Crippen LogP contribution < -0.4 is 10.6 Å². The second-order valence-corrected chi connectivity index (χ2v) is 4.60. The summed E-state index contributed by atoms with van der Waals surface area (Å²) in [5, 5.41) is 10.6. The van der Waals surface area contributed by atoms with E-state index in [0.29, 0.717) is 6.04 Å². The number of nitro benzene ring substituents is 1. The van der Waals surface area contributed by atoms with E-state index in [4.69, 9.17) is 5.73 Å². The van der Waals surface area contributed by atoms with Crippen molar-refractivity contribution in [3.05, 3.63) is 34.4 Å². The predicted molar refractivity (Wildman–Crippen MR) is 67.1 cm³/mol. The Balaban J connectivity index is 2.14. The van der Waals surface area contributed by atoms with E-state index >= 15 is 0 Å². The maximum Gasteiger partial charge on any atom is 0.269 e. The Labute approximate surface area is 100 Å². The summed E-state index contributed by atoms with van der Waals surface area (Å²) in [6.45, 7) is 3.06. The normalized spacial score (nSPS) is 24.7. The minimum Gasteiger partial charge on any atom is -0.369 e. The zero-order valence-electron chi connectivity index (χ0n) is 9.87. The summed E-state index contributed by atoms with van der Waals surface area (Å²) in [6.07, 6.45) is 1.94. The summed E-state index contributed by atoms with van der Waals surface area (Å²) in [5.74, 6) is 0. The number of nitrogens with two attached hydrogens (primary N) is 1. The molecular formula is C12H17N3O2. The molecule has 1 heterocycles. The Hall–Kier alpha value is -1.62. The van der Waals surface area contributed by atoms with Crippen molar-refractivity contribution in [3.8, 4) is 0 Å². The Bertz CT molecular complexity index is 405. The minimum atomic E-state index is -0.376. The molecule has 2 unspecified atom stereocenters. The van der Waals surface area contributed by atoms with E-state index in [0.717, 1.165) is 25.1 Å². The van der Waals surface area contributed by atoms with Crippen LogP contribution in [0.3, 0.4) is 0 Å². The van der Waals surface area contributed by atoms with Crippen LogP contribution in [-0.2, 0) is 0 Å². The highest BCUT2D eigenvalue weighted by molar-refractivity contribution is 5.51. The molecule has 17 heavy (non-hydrogen) atoms. The summed E-state index contributed by atoms with van der Waals surface area (Å²) < 4.78 is 0. The molecule has 1 aliphatic heterocycles. The van der Waals surface area contributed by atoms with Crippen molar-refractivity contribution in [2.45, 2.75) is 31.8 Å². The summed E-state index contributed by atoms with van der Waals surface area (Å²) in [5.41, 5.74) is 7.08. The van der Waals surface area contributed by atoms with Crippen molar-refractivity contribution < 1.29 is 4.92 Å². The Morgan fingerprint density at radius 1 is 1.41 bits per heavy atom. The van der Waals surface area contributed by atoms with Gasteiger partial charge in [0.15, 0.2) is 0 Å². The number of hydrogen-bond acceptors (Lipinski definition) is 4. The highest BCUT2D eigenvalue weighted by Crippen LogP contribution is 2.25. The van der Waals surface area contributed by atoms with Gasteiger partial charge in [0.2, 0.25) is 0 Å². The van der Waals surface area contributed by atoms with Crippen LogP contribution in [0.5, 0.6) is 0 Å². The predicted octanol–water partition coefficient (Wildman–Crippen LogP) is 1.91. The largest absolute Gasteiger partial charge is 0.369 e. The lowest BCUT2D eigenvalue weighted by molar-refractivity contribution is -0.384. The number of piperidine rings is 1. The summed E-state index contributed by atoms with van der Waals surface area (Å²) in [4.78, 5) is 12.5. The molecule has 0 amide bonds. The van der Waals surface area contributed by atoms with Crippen molar-refractivity contribution in [1.29, 1.82) is 0 Å². The zero-order chi connectivity index (χ0) is 12.4. The van der Waals surface area contributed by atoms with Gasteiger partial charge in [-0.05, 0) is 31.9 Å². The van der Waals surface area contributed by atoms with Crippen molar-refractivity contribution in [2.75, 3.05) is 11.4 Å². The fraction of sp³-hybridized carbons (Fsp3) is 0.500. The number of benzene rings is 1. The van der Waals surface area contributed by atoms with E-state index in [-0.39, 0.29) is 16.7 Å². The molecule has 1 aromatic rings. The summed E-state index contributed by atoms with van der Waals surface area (Å²) >= 11 is 0. The second kappa shape index (κ2) is 4.71. The molecule has 0 bridgehead atoms. The first-order valence-corrected chi connectivity index (χ1v) is 5.84. The van der Waals surface area contributed by atoms with Crippen molar-refractivity contribution >= 4 is 11.4 Å². The fourth-order valence-corrected chi connectivity index (χ4v) is 2.36. The molecular weight excluding hydrogens is 218 g/mol. The molecule has 2 N–H and O–H groups in total. The van der Waals surface area contributed by atoms with Gasteiger partial charge in [-0.25, -0.2) is 0 Å². The average molecular weight is 235 g/mol. The van der Waals surface area contributed by atoms with E-state index in [1.54, 1.807) is 12.1 Å². The molecule has 5 nitrogen and oxygen atoms in total. The van der Waals surface area contributed by atoms with E-state index in [2.05, 4.69) is 11.8 Å². The van der Waals surface area contributed by atoms with Crippen LogP contribution in [0.2, 0.25) is 0 Å². The quantitative estimate of drug-likeness (QED) is 0.627. The third kappa shape index (κ3) is 2.55. The van der Waals surface area contributed by atoms with Gasteiger partial charge < -0.3 is 10.6 Å². The molecule has 1 fully saturated rings. The van der Waals surface area contributed by atoms with Gasteiger partial charge in [0.05, 0.1) is 4.92 Å². The second-order valence-electron chi connectivity index (χ2n) is 4.60. The lowest BCUT2D eigenvalue weighted by Crippen LogP contribution is -2.45. The zero-order valence-corrected chi connectivity index (χ0v) is 9.87. The topological polar surface area (TPSA) is 72.4 Å². The number of non-ortho nitro benzene ring substituents is 1. The van der Waals surface area contributed by atoms with Gasteiger partial charge in [-0.2, -0.15) is 0 Å². The van der Waals surface area contributed by atoms with Crippen molar-refractivity contribution in [2.24, 2.45) is 5.73 Å². The monoisotopic (exact) mass is 235 g/mol. The molecule has 2 atom stereocenters. The van der Waals surface area contributed by atoms with Crippen molar-refractivity contribution in [1.82, 2.24) is 0 Å². The molecule has 2 rings (SSSR count). The molecule has 0 radical (unpaired) electrons. The molecule has 1 saturated heterocycles. The lowest BCUT2D eigenvalue weighted by Gasteiger charge is -2.38. The molecule has 1 aromatic carbocycles. The SMILES string of the molecule is CC1CC(N)CCN1c1ccc([N+](=O)[O-])cc1. The van der Waals surface area contributed by atoms with E-state index < -0.39 is 0 Å². The van der Waals surface area contributed by atoms with E-state index in [9.17, 15) is 10.1 Å². The fourth-order valence-electron chi connectivity index (χ4n) is 2.36. The Morgan fingerprint density at radius 3 is 2.59 bits per heavy atom. The van der Waals surface area contributed by atoms with Crippen LogP contribution >= 0.6 is 0 Å². The van der Waals surface area contributed by atoms with Gasteiger partial charge in [0, 0.05) is 36.4 Å².